The van der Waals surface area contributed by atoms with Crippen LogP contribution in [0.4, 0.5) is 0 Å². The van der Waals surface area contributed by atoms with E-state index in [0.717, 1.165) is 13.0 Å². The van der Waals surface area contributed by atoms with Crippen molar-refractivity contribution in [1.29, 1.82) is 0 Å². The highest BCUT2D eigenvalue weighted by atomic mass is 127. The Morgan fingerprint density at radius 1 is 1.21 bits per heavy atom. The van der Waals surface area contributed by atoms with Gasteiger partial charge in [0.2, 0.25) is 5.91 Å². The molecule has 1 aromatic rings. The van der Waals surface area contributed by atoms with Crippen LogP contribution in [0.25, 0.3) is 0 Å². The van der Waals surface area contributed by atoms with Crippen LogP contribution in [-0.4, -0.2) is 61.9 Å². The van der Waals surface area contributed by atoms with Crippen molar-refractivity contribution in [3.8, 4) is 0 Å². The zero-order valence-electron chi connectivity index (χ0n) is 16.5. The van der Waals surface area contributed by atoms with Crippen LogP contribution in [0, 0.1) is 5.92 Å². The van der Waals surface area contributed by atoms with Crippen LogP contribution in [0.2, 0.25) is 5.02 Å². The molecule has 1 aromatic carbocycles. The van der Waals surface area contributed by atoms with E-state index >= 15 is 0 Å². The van der Waals surface area contributed by atoms with Gasteiger partial charge in [0.05, 0.1) is 0 Å². The maximum Gasteiger partial charge on any atom is 0.251 e. The largest absolute Gasteiger partial charge is 0.355 e. The lowest BCUT2D eigenvalue weighted by molar-refractivity contribution is -0.133. The Morgan fingerprint density at radius 3 is 2.46 bits per heavy atom. The van der Waals surface area contributed by atoms with Crippen LogP contribution >= 0.6 is 35.6 Å². The number of hydrogen-bond donors (Lipinski definition) is 3. The molecule has 1 heterocycles. The molecule has 0 radical (unpaired) electrons. The van der Waals surface area contributed by atoms with Gasteiger partial charge in [0.25, 0.3) is 5.91 Å². The van der Waals surface area contributed by atoms with Crippen molar-refractivity contribution in [2.45, 2.75) is 26.3 Å². The molecule has 1 fully saturated rings. The lowest BCUT2D eigenvalue weighted by Crippen LogP contribution is -2.47. The summed E-state index contributed by atoms with van der Waals surface area (Å²) in [7, 11) is 1.70. The smallest absolute Gasteiger partial charge is 0.251 e. The number of carbonyl (C=O) groups is 2. The van der Waals surface area contributed by atoms with E-state index in [2.05, 4.69) is 20.9 Å². The molecule has 1 unspecified atom stereocenters. The maximum atomic E-state index is 12.1. The quantitative estimate of drug-likeness (QED) is 0.232. The van der Waals surface area contributed by atoms with Gasteiger partial charge in [-0.2, -0.15) is 0 Å². The zero-order valence-corrected chi connectivity index (χ0v) is 19.6. The lowest BCUT2D eigenvalue weighted by Gasteiger charge is -2.20. The molecule has 1 aliphatic heterocycles. The van der Waals surface area contributed by atoms with E-state index in [1.807, 2.05) is 18.7 Å². The molecule has 1 aliphatic rings. The number of nitrogens with one attached hydrogen (secondary N) is 3. The number of nitrogens with zero attached hydrogens (tertiary/aromatic N) is 2. The third-order valence-corrected chi connectivity index (χ3v) is 4.62. The van der Waals surface area contributed by atoms with Gasteiger partial charge in [0.15, 0.2) is 5.96 Å². The Balaban J connectivity index is 0.00000392. The molecule has 0 aromatic heterocycles. The van der Waals surface area contributed by atoms with Crippen molar-refractivity contribution < 1.29 is 9.59 Å². The van der Waals surface area contributed by atoms with E-state index < -0.39 is 0 Å². The molecule has 0 spiro atoms. The summed E-state index contributed by atoms with van der Waals surface area (Å²) in [6.07, 6.45) is 0.895. The summed E-state index contributed by atoms with van der Waals surface area (Å²) in [6.45, 7) is 6.29. The van der Waals surface area contributed by atoms with Crippen LogP contribution in [0.15, 0.2) is 29.3 Å². The summed E-state index contributed by atoms with van der Waals surface area (Å²) in [6, 6.07) is 6.94. The predicted octanol–water partition coefficient (Wildman–Crippen LogP) is 2.11. The Hall–Kier alpha value is -1.55. The number of halogens is 2. The third kappa shape index (κ3) is 7.46. The van der Waals surface area contributed by atoms with Gasteiger partial charge in [-0.25, -0.2) is 0 Å². The molecule has 0 aliphatic carbocycles. The standard InChI is InChI=1S/C19H28ClN5O2.HI/c1-13(2)18(27)25-11-8-16(12-25)24-19(21-3)23-10-9-22-17(26)14-4-6-15(20)7-5-14;/h4-7,13,16H,8-12H2,1-3H3,(H,22,26)(H2,21,23,24);1H. The topological polar surface area (TPSA) is 85.8 Å². The molecular weight excluding hydrogens is 493 g/mol. The fourth-order valence-corrected chi connectivity index (χ4v) is 3.02. The number of aliphatic imine (C=N–C) groups is 1. The van der Waals surface area contributed by atoms with E-state index in [1.54, 1.807) is 31.3 Å². The second kappa shape index (κ2) is 12.1. The highest BCUT2D eigenvalue weighted by Crippen LogP contribution is 2.12. The molecule has 1 saturated heterocycles. The van der Waals surface area contributed by atoms with E-state index in [1.165, 1.54) is 0 Å². The Morgan fingerprint density at radius 2 is 1.86 bits per heavy atom. The normalized spacial score (nSPS) is 16.5. The fourth-order valence-electron chi connectivity index (χ4n) is 2.89. The van der Waals surface area contributed by atoms with Gasteiger partial charge >= 0.3 is 0 Å². The number of benzene rings is 1. The summed E-state index contributed by atoms with van der Waals surface area (Å²) < 4.78 is 0. The lowest BCUT2D eigenvalue weighted by atomic mass is 10.2. The SMILES string of the molecule is CN=C(NCCNC(=O)c1ccc(Cl)cc1)NC1CCN(C(=O)C(C)C)C1.I. The first kappa shape index (κ1) is 24.5. The molecule has 3 N–H and O–H groups in total. The first-order valence-electron chi connectivity index (χ1n) is 9.20. The average molecular weight is 522 g/mol. The molecular formula is C19H29ClIN5O2. The highest BCUT2D eigenvalue weighted by Gasteiger charge is 2.27. The summed E-state index contributed by atoms with van der Waals surface area (Å²) in [5, 5.41) is 9.96. The molecule has 156 valence electrons. The number of hydrogen-bond acceptors (Lipinski definition) is 3. The fraction of sp³-hybridized carbons (Fsp3) is 0.526. The highest BCUT2D eigenvalue weighted by molar-refractivity contribution is 14.0. The van der Waals surface area contributed by atoms with E-state index in [9.17, 15) is 9.59 Å². The average Bonchev–Trinajstić information content (AvgIpc) is 3.12. The van der Waals surface area contributed by atoms with Crippen LogP contribution in [0.1, 0.15) is 30.6 Å². The molecule has 9 heteroatoms. The zero-order chi connectivity index (χ0) is 19.8. The molecule has 28 heavy (non-hydrogen) atoms. The monoisotopic (exact) mass is 521 g/mol. The van der Waals surface area contributed by atoms with Gasteiger partial charge in [-0.3, -0.25) is 14.6 Å². The number of guanidine groups is 1. The first-order valence-corrected chi connectivity index (χ1v) is 9.58. The number of rotatable bonds is 6. The minimum atomic E-state index is -0.143. The molecule has 2 rings (SSSR count). The van der Waals surface area contributed by atoms with Crippen molar-refractivity contribution >= 4 is 53.4 Å². The third-order valence-electron chi connectivity index (χ3n) is 4.37. The second-order valence-electron chi connectivity index (χ2n) is 6.83. The van der Waals surface area contributed by atoms with Crippen molar-refractivity contribution in [3.05, 3.63) is 34.9 Å². The molecule has 1 atom stereocenters. The first-order chi connectivity index (χ1) is 12.9. The molecule has 7 nitrogen and oxygen atoms in total. The second-order valence-corrected chi connectivity index (χ2v) is 7.27. The van der Waals surface area contributed by atoms with Crippen molar-refractivity contribution in [2.75, 3.05) is 33.2 Å². The van der Waals surface area contributed by atoms with Gasteiger partial charge in [-0.15, -0.1) is 24.0 Å². The van der Waals surface area contributed by atoms with Gasteiger partial charge in [0, 0.05) is 55.8 Å². The number of likely N-dealkylation sites (tertiary alicyclic amines) is 1. The Labute approximate surface area is 188 Å². The van der Waals surface area contributed by atoms with E-state index in [4.69, 9.17) is 11.6 Å². The Kier molecular flexibility index (Phi) is 10.6. The van der Waals surface area contributed by atoms with Gasteiger partial charge in [-0.05, 0) is 30.7 Å². The number of amides is 2. The van der Waals surface area contributed by atoms with Crippen LogP contribution in [0.5, 0.6) is 0 Å². The molecule has 2 amide bonds. The predicted molar refractivity (Wildman–Crippen MR) is 124 cm³/mol. The van der Waals surface area contributed by atoms with E-state index in [-0.39, 0.29) is 47.8 Å². The van der Waals surface area contributed by atoms with Gasteiger partial charge in [-0.1, -0.05) is 25.4 Å². The maximum absolute atomic E-state index is 12.1. The van der Waals surface area contributed by atoms with Crippen molar-refractivity contribution in [1.82, 2.24) is 20.9 Å². The minimum absolute atomic E-state index is 0. The summed E-state index contributed by atoms with van der Waals surface area (Å²) in [5.74, 6) is 0.729. The van der Waals surface area contributed by atoms with Crippen LogP contribution in [0.3, 0.4) is 0 Å². The van der Waals surface area contributed by atoms with Gasteiger partial charge in [0.1, 0.15) is 0 Å². The number of carbonyl (C=O) groups excluding carboxylic acids is 2. The van der Waals surface area contributed by atoms with Crippen molar-refractivity contribution in [3.63, 3.8) is 0 Å². The summed E-state index contributed by atoms with van der Waals surface area (Å²) in [4.78, 5) is 30.2. The minimum Gasteiger partial charge on any atom is -0.355 e. The van der Waals surface area contributed by atoms with Crippen LogP contribution in [-0.2, 0) is 4.79 Å². The molecule has 0 saturated carbocycles. The van der Waals surface area contributed by atoms with Crippen molar-refractivity contribution in [2.24, 2.45) is 10.9 Å². The summed E-state index contributed by atoms with van der Waals surface area (Å²) >= 11 is 5.82. The summed E-state index contributed by atoms with van der Waals surface area (Å²) in [5.41, 5.74) is 0.572. The van der Waals surface area contributed by atoms with E-state index in [0.29, 0.717) is 36.2 Å². The van der Waals surface area contributed by atoms with Crippen LogP contribution < -0.4 is 16.0 Å². The van der Waals surface area contributed by atoms with Gasteiger partial charge < -0.3 is 20.9 Å². The molecule has 0 bridgehead atoms. The Bertz CT molecular complexity index is 681.